The Bertz CT molecular complexity index is 955. The standard InChI is InChI=1S/C18H17BrN4O3/c1-11-17(21-22-23(11)15-7-5-4-6-13(15)19)18(24)20-14-9-8-12(25-2)10-16(14)26-3/h4-10H,1-3H3,(H,20,24). The summed E-state index contributed by atoms with van der Waals surface area (Å²) in [5.41, 5.74) is 2.19. The maximum atomic E-state index is 12.7. The van der Waals surface area contributed by atoms with Gasteiger partial charge < -0.3 is 14.8 Å². The normalized spacial score (nSPS) is 10.5. The maximum absolute atomic E-state index is 12.7. The number of ether oxygens (including phenoxy) is 2. The highest BCUT2D eigenvalue weighted by molar-refractivity contribution is 9.10. The number of nitrogens with one attached hydrogen (secondary N) is 1. The van der Waals surface area contributed by atoms with E-state index in [2.05, 4.69) is 31.6 Å². The molecule has 8 heteroatoms. The van der Waals surface area contributed by atoms with Crippen molar-refractivity contribution in [2.75, 3.05) is 19.5 Å². The van der Waals surface area contributed by atoms with Crippen molar-refractivity contribution in [3.05, 3.63) is 58.3 Å². The number of halogens is 1. The van der Waals surface area contributed by atoms with Crippen LogP contribution in [0.1, 0.15) is 16.2 Å². The molecular formula is C18H17BrN4O3. The molecule has 0 aliphatic rings. The summed E-state index contributed by atoms with van der Waals surface area (Å²) in [4.78, 5) is 12.7. The first kappa shape index (κ1) is 17.9. The second-order valence-corrected chi connectivity index (χ2v) is 6.26. The number of rotatable bonds is 5. The first-order valence-corrected chi connectivity index (χ1v) is 8.55. The predicted octanol–water partition coefficient (Wildman–Crippen LogP) is 3.61. The number of carbonyl (C=O) groups excluding carboxylic acids is 1. The molecule has 26 heavy (non-hydrogen) atoms. The second-order valence-electron chi connectivity index (χ2n) is 5.41. The van der Waals surface area contributed by atoms with Gasteiger partial charge in [0.1, 0.15) is 11.5 Å². The van der Waals surface area contributed by atoms with E-state index in [0.29, 0.717) is 22.9 Å². The number of amides is 1. The molecule has 3 aromatic rings. The SMILES string of the molecule is COc1ccc(NC(=O)c2nnn(-c3ccccc3Br)c2C)c(OC)c1. The highest BCUT2D eigenvalue weighted by Crippen LogP contribution is 2.29. The number of methoxy groups -OCH3 is 2. The average Bonchev–Trinajstić information content (AvgIpc) is 3.03. The molecule has 0 aliphatic carbocycles. The largest absolute Gasteiger partial charge is 0.497 e. The number of anilines is 1. The molecule has 0 spiro atoms. The van der Waals surface area contributed by atoms with Gasteiger partial charge in [-0.2, -0.15) is 0 Å². The van der Waals surface area contributed by atoms with Crippen LogP contribution in [0.2, 0.25) is 0 Å². The Hall–Kier alpha value is -2.87. The van der Waals surface area contributed by atoms with Crippen molar-refractivity contribution >= 4 is 27.5 Å². The van der Waals surface area contributed by atoms with E-state index in [1.165, 1.54) is 7.11 Å². The quantitative estimate of drug-likeness (QED) is 0.687. The van der Waals surface area contributed by atoms with Crippen LogP contribution >= 0.6 is 15.9 Å². The van der Waals surface area contributed by atoms with Crippen molar-refractivity contribution in [3.63, 3.8) is 0 Å². The number of hydrogen-bond acceptors (Lipinski definition) is 5. The molecule has 0 fully saturated rings. The van der Waals surface area contributed by atoms with Gasteiger partial charge in [0.05, 0.1) is 31.3 Å². The smallest absolute Gasteiger partial charge is 0.278 e. The van der Waals surface area contributed by atoms with Gasteiger partial charge in [0.2, 0.25) is 0 Å². The lowest BCUT2D eigenvalue weighted by Crippen LogP contribution is -2.15. The van der Waals surface area contributed by atoms with Crippen LogP contribution in [0.3, 0.4) is 0 Å². The maximum Gasteiger partial charge on any atom is 0.278 e. The van der Waals surface area contributed by atoms with E-state index in [1.807, 2.05) is 24.3 Å². The number of hydrogen-bond donors (Lipinski definition) is 1. The summed E-state index contributed by atoms with van der Waals surface area (Å²) < 4.78 is 12.9. The number of benzene rings is 2. The van der Waals surface area contributed by atoms with Gasteiger partial charge in [-0.1, -0.05) is 17.3 Å². The number of aromatic nitrogens is 3. The Labute approximate surface area is 159 Å². The van der Waals surface area contributed by atoms with Gasteiger partial charge in [-0.15, -0.1) is 5.10 Å². The molecule has 1 heterocycles. The minimum Gasteiger partial charge on any atom is -0.497 e. The molecule has 7 nitrogen and oxygen atoms in total. The summed E-state index contributed by atoms with van der Waals surface area (Å²) in [5.74, 6) is 0.758. The first-order chi connectivity index (χ1) is 12.5. The van der Waals surface area contributed by atoms with Gasteiger partial charge in [0.25, 0.3) is 5.91 Å². The van der Waals surface area contributed by atoms with Crippen LogP contribution in [0.5, 0.6) is 11.5 Å². The minimum atomic E-state index is -0.371. The molecule has 134 valence electrons. The van der Waals surface area contributed by atoms with Crippen molar-refractivity contribution in [3.8, 4) is 17.2 Å². The van der Waals surface area contributed by atoms with E-state index >= 15 is 0 Å². The van der Waals surface area contributed by atoms with Crippen LogP contribution in [-0.2, 0) is 0 Å². The van der Waals surface area contributed by atoms with E-state index in [9.17, 15) is 4.79 Å². The molecule has 2 aromatic carbocycles. The molecule has 1 N–H and O–H groups in total. The number of carbonyl (C=O) groups is 1. The highest BCUT2D eigenvalue weighted by Gasteiger charge is 2.19. The van der Waals surface area contributed by atoms with Crippen LogP contribution in [-0.4, -0.2) is 35.1 Å². The molecule has 0 bridgehead atoms. The lowest BCUT2D eigenvalue weighted by molar-refractivity contribution is 0.102. The topological polar surface area (TPSA) is 78.3 Å². The molecule has 1 aromatic heterocycles. The summed E-state index contributed by atoms with van der Waals surface area (Å²) in [7, 11) is 3.09. The van der Waals surface area contributed by atoms with Gasteiger partial charge in [0.15, 0.2) is 5.69 Å². The molecule has 0 atom stereocenters. The van der Waals surface area contributed by atoms with Crippen molar-refractivity contribution in [1.29, 1.82) is 0 Å². The Morgan fingerprint density at radius 3 is 2.62 bits per heavy atom. The summed E-state index contributed by atoms with van der Waals surface area (Å²) in [5, 5.41) is 10.9. The van der Waals surface area contributed by atoms with Crippen molar-refractivity contribution < 1.29 is 14.3 Å². The molecule has 0 saturated heterocycles. The predicted molar refractivity (Wildman–Crippen MR) is 101 cm³/mol. The first-order valence-electron chi connectivity index (χ1n) is 7.75. The fraction of sp³-hybridized carbons (Fsp3) is 0.167. The van der Waals surface area contributed by atoms with E-state index in [1.54, 1.807) is 36.9 Å². The van der Waals surface area contributed by atoms with E-state index in [0.717, 1.165) is 10.2 Å². The van der Waals surface area contributed by atoms with Crippen LogP contribution in [0.25, 0.3) is 5.69 Å². The summed E-state index contributed by atoms with van der Waals surface area (Å²) in [6, 6.07) is 12.7. The zero-order valence-electron chi connectivity index (χ0n) is 14.5. The fourth-order valence-electron chi connectivity index (χ4n) is 2.47. The lowest BCUT2D eigenvalue weighted by Gasteiger charge is -2.11. The molecule has 0 unspecified atom stereocenters. The minimum absolute atomic E-state index is 0.235. The molecule has 0 saturated carbocycles. The van der Waals surface area contributed by atoms with E-state index in [-0.39, 0.29) is 11.6 Å². The highest BCUT2D eigenvalue weighted by atomic mass is 79.9. The van der Waals surface area contributed by atoms with Gasteiger partial charge in [-0.25, -0.2) is 4.68 Å². The molecular weight excluding hydrogens is 400 g/mol. The Morgan fingerprint density at radius 1 is 1.15 bits per heavy atom. The van der Waals surface area contributed by atoms with Gasteiger partial charge >= 0.3 is 0 Å². The van der Waals surface area contributed by atoms with Crippen LogP contribution in [0.15, 0.2) is 46.9 Å². The third-order valence-corrected chi connectivity index (χ3v) is 4.52. The van der Waals surface area contributed by atoms with Gasteiger partial charge in [-0.3, -0.25) is 4.79 Å². The molecule has 0 aliphatic heterocycles. The van der Waals surface area contributed by atoms with Crippen molar-refractivity contribution in [2.24, 2.45) is 0 Å². The summed E-state index contributed by atoms with van der Waals surface area (Å²) >= 11 is 3.48. The molecule has 1 amide bonds. The zero-order chi connectivity index (χ0) is 18.7. The third-order valence-electron chi connectivity index (χ3n) is 3.85. The Kier molecular flexibility index (Phi) is 5.22. The summed E-state index contributed by atoms with van der Waals surface area (Å²) in [6.07, 6.45) is 0. The second kappa shape index (κ2) is 7.57. The van der Waals surface area contributed by atoms with E-state index in [4.69, 9.17) is 9.47 Å². The van der Waals surface area contributed by atoms with Crippen molar-refractivity contribution in [2.45, 2.75) is 6.92 Å². The molecule has 3 rings (SSSR count). The zero-order valence-corrected chi connectivity index (χ0v) is 16.1. The Morgan fingerprint density at radius 2 is 1.92 bits per heavy atom. The monoisotopic (exact) mass is 416 g/mol. The fourth-order valence-corrected chi connectivity index (χ4v) is 2.93. The Balaban J connectivity index is 1.89. The van der Waals surface area contributed by atoms with Crippen LogP contribution in [0.4, 0.5) is 5.69 Å². The number of para-hydroxylation sites is 1. The van der Waals surface area contributed by atoms with Crippen molar-refractivity contribution in [1.82, 2.24) is 15.0 Å². The van der Waals surface area contributed by atoms with E-state index < -0.39 is 0 Å². The summed E-state index contributed by atoms with van der Waals surface area (Å²) in [6.45, 7) is 1.79. The van der Waals surface area contributed by atoms with Gasteiger partial charge in [-0.05, 0) is 47.1 Å². The average molecular weight is 417 g/mol. The van der Waals surface area contributed by atoms with Gasteiger partial charge in [0, 0.05) is 10.5 Å². The number of nitrogens with zero attached hydrogens (tertiary/aromatic N) is 3. The van der Waals surface area contributed by atoms with Crippen LogP contribution in [0, 0.1) is 6.92 Å². The molecule has 0 radical (unpaired) electrons. The lowest BCUT2D eigenvalue weighted by atomic mass is 10.2. The third kappa shape index (κ3) is 3.41. The van der Waals surface area contributed by atoms with Crippen LogP contribution < -0.4 is 14.8 Å².